The summed E-state index contributed by atoms with van der Waals surface area (Å²) in [5.41, 5.74) is 7.61. The Morgan fingerprint density at radius 1 is 1.50 bits per heavy atom. The quantitative estimate of drug-likeness (QED) is 0.872. The molecule has 5 heteroatoms. The summed E-state index contributed by atoms with van der Waals surface area (Å²) in [7, 11) is 0. The average Bonchev–Trinajstić information content (AvgIpc) is 2.86. The number of anilines is 1. The molecular formula is C11H12BrN3O. The molecular weight excluding hydrogens is 270 g/mol. The molecule has 2 aromatic rings. The number of pyridine rings is 1. The van der Waals surface area contributed by atoms with Crippen molar-refractivity contribution in [3.05, 3.63) is 28.8 Å². The number of ether oxygens (including phenoxy) is 1. The minimum absolute atomic E-state index is 0.376. The molecule has 1 aliphatic heterocycles. The highest BCUT2D eigenvalue weighted by Crippen LogP contribution is 2.29. The Kier molecular flexibility index (Phi) is 2.37. The lowest BCUT2D eigenvalue weighted by Crippen LogP contribution is -2.04. The highest BCUT2D eigenvalue weighted by atomic mass is 79.9. The van der Waals surface area contributed by atoms with Crippen LogP contribution in [0.15, 0.2) is 22.9 Å². The molecule has 0 spiro atoms. The fourth-order valence-electron chi connectivity index (χ4n) is 2.11. The summed E-state index contributed by atoms with van der Waals surface area (Å²) in [5.74, 6) is 1.41. The third-order valence-corrected chi connectivity index (χ3v) is 3.52. The first-order valence-corrected chi connectivity index (χ1v) is 6.06. The van der Waals surface area contributed by atoms with E-state index in [0.717, 1.165) is 41.3 Å². The van der Waals surface area contributed by atoms with Crippen LogP contribution in [0.4, 0.5) is 5.69 Å². The van der Waals surface area contributed by atoms with Gasteiger partial charge < -0.3 is 14.9 Å². The number of halogens is 1. The van der Waals surface area contributed by atoms with Gasteiger partial charge >= 0.3 is 0 Å². The van der Waals surface area contributed by atoms with E-state index in [1.54, 1.807) is 0 Å². The van der Waals surface area contributed by atoms with Gasteiger partial charge in [0.1, 0.15) is 10.4 Å². The summed E-state index contributed by atoms with van der Waals surface area (Å²) in [6, 6.07) is 3.86. The molecule has 0 aliphatic carbocycles. The van der Waals surface area contributed by atoms with Gasteiger partial charge in [-0.1, -0.05) is 0 Å². The third-order valence-electron chi connectivity index (χ3n) is 2.94. The number of nitrogens with zero attached hydrogens (tertiary/aromatic N) is 2. The van der Waals surface area contributed by atoms with Crippen LogP contribution in [0, 0.1) is 0 Å². The Morgan fingerprint density at radius 2 is 2.38 bits per heavy atom. The number of aromatic nitrogens is 2. The molecule has 1 unspecified atom stereocenters. The molecule has 3 heterocycles. The van der Waals surface area contributed by atoms with Crippen LogP contribution >= 0.6 is 15.9 Å². The van der Waals surface area contributed by atoms with E-state index in [4.69, 9.17) is 10.5 Å². The van der Waals surface area contributed by atoms with Crippen molar-refractivity contribution in [3.8, 4) is 0 Å². The van der Waals surface area contributed by atoms with E-state index in [9.17, 15) is 0 Å². The standard InChI is InChI=1S/C11H12BrN3O/c12-10-9-2-1-8(13)5-15(9)11(14-10)7-3-4-16-6-7/h1-2,5,7H,3-4,6,13H2. The molecule has 0 saturated carbocycles. The fraction of sp³-hybridized carbons (Fsp3) is 0.364. The zero-order chi connectivity index (χ0) is 11.1. The van der Waals surface area contributed by atoms with Gasteiger partial charge in [-0.2, -0.15) is 0 Å². The predicted molar refractivity (Wildman–Crippen MR) is 65.5 cm³/mol. The second-order valence-electron chi connectivity index (χ2n) is 4.04. The fourth-order valence-corrected chi connectivity index (χ4v) is 2.62. The van der Waals surface area contributed by atoms with Gasteiger partial charge in [0, 0.05) is 24.4 Å². The van der Waals surface area contributed by atoms with Gasteiger partial charge in [-0.3, -0.25) is 0 Å². The molecule has 1 fully saturated rings. The third kappa shape index (κ3) is 1.51. The van der Waals surface area contributed by atoms with E-state index in [1.807, 2.05) is 18.3 Å². The number of hydrogen-bond acceptors (Lipinski definition) is 3. The maximum Gasteiger partial charge on any atom is 0.132 e. The van der Waals surface area contributed by atoms with Crippen LogP contribution < -0.4 is 5.73 Å². The van der Waals surface area contributed by atoms with Crippen molar-refractivity contribution < 1.29 is 4.74 Å². The number of nitrogens with two attached hydrogens (primary N) is 1. The number of rotatable bonds is 1. The van der Waals surface area contributed by atoms with Gasteiger partial charge in [-0.05, 0) is 34.5 Å². The SMILES string of the molecule is Nc1ccc2c(Br)nc(C3CCOC3)n2c1. The molecule has 3 rings (SSSR count). The Morgan fingerprint density at radius 3 is 3.12 bits per heavy atom. The van der Waals surface area contributed by atoms with Gasteiger partial charge in [0.25, 0.3) is 0 Å². The lowest BCUT2D eigenvalue weighted by molar-refractivity contribution is 0.193. The second-order valence-corrected chi connectivity index (χ2v) is 4.79. The number of nitrogen functional groups attached to an aromatic ring is 1. The van der Waals surface area contributed by atoms with Gasteiger partial charge in [-0.25, -0.2) is 4.98 Å². The first kappa shape index (κ1) is 10.1. The molecule has 4 nitrogen and oxygen atoms in total. The smallest absolute Gasteiger partial charge is 0.132 e. The Hall–Kier alpha value is -1.07. The molecule has 1 atom stereocenters. The van der Waals surface area contributed by atoms with Crippen molar-refractivity contribution in [2.75, 3.05) is 18.9 Å². The monoisotopic (exact) mass is 281 g/mol. The second kappa shape index (κ2) is 3.75. The topological polar surface area (TPSA) is 52.5 Å². The molecule has 16 heavy (non-hydrogen) atoms. The molecule has 1 saturated heterocycles. The Labute approximate surface area is 102 Å². The summed E-state index contributed by atoms with van der Waals surface area (Å²) in [6.45, 7) is 1.57. The molecule has 2 N–H and O–H groups in total. The summed E-state index contributed by atoms with van der Waals surface area (Å²) in [4.78, 5) is 4.56. The lowest BCUT2D eigenvalue weighted by Gasteiger charge is -2.06. The predicted octanol–water partition coefficient (Wildman–Crippen LogP) is 2.18. The van der Waals surface area contributed by atoms with Crippen LogP contribution in [0.2, 0.25) is 0 Å². The molecule has 0 radical (unpaired) electrons. The first-order valence-electron chi connectivity index (χ1n) is 5.26. The number of hydrogen-bond donors (Lipinski definition) is 1. The number of fused-ring (bicyclic) bond motifs is 1. The van der Waals surface area contributed by atoms with Crippen molar-refractivity contribution >= 4 is 27.1 Å². The summed E-state index contributed by atoms with van der Waals surface area (Å²) in [5, 5.41) is 0. The van der Waals surface area contributed by atoms with E-state index in [2.05, 4.69) is 25.3 Å². The molecule has 1 aliphatic rings. The van der Waals surface area contributed by atoms with E-state index >= 15 is 0 Å². The van der Waals surface area contributed by atoms with E-state index < -0.39 is 0 Å². The minimum Gasteiger partial charge on any atom is -0.398 e. The zero-order valence-corrected chi connectivity index (χ0v) is 10.3. The van der Waals surface area contributed by atoms with Gasteiger partial charge in [0.15, 0.2) is 0 Å². The van der Waals surface area contributed by atoms with Gasteiger partial charge in [-0.15, -0.1) is 0 Å². The lowest BCUT2D eigenvalue weighted by atomic mass is 10.1. The van der Waals surface area contributed by atoms with Crippen LogP contribution in [0.3, 0.4) is 0 Å². The summed E-state index contributed by atoms with van der Waals surface area (Å²) < 4.78 is 8.32. The molecule has 84 valence electrons. The zero-order valence-electron chi connectivity index (χ0n) is 8.69. The van der Waals surface area contributed by atoms with E-state index in [-0.39, 0.29) is 0 Å². The van der Waals surface area contributed by atoms with E-state index in [1.165, 1.54) is 0 Å². The van der Waals surface area contributed by atoms with Crippen molar-refractivity contribution in [3.63, 3.8) is 0 Å². The van der Waals surface area contributed by atoms with Crippen molar-refractivity contribution in [2.24, 2.45) is 0 Å². The highest BCUT2D eigenvalue weighted by Gasteiger charge is 2.23. The Balaban J connectivity index is 2.19. The van der Waals surface area contributed by atoms with Gasteiger partial charge in [0.2, 0.25) is 0 Å². The molecule has 0 bridgehead atoms. The highest BCUT2D eigenvalue weighted by molar-refractivity contribution is 9.10. The van der Waals surface area contributed by atoms with Gasteiger partial charge in [0.05, 0.1) is 12.1 Å². The van der Waals surface area contributed by atoms with E-state index in [0.29, 0.717) is 5.92 Å². The average molecular weight is 282 g/mol. The van der Waals surface area contributed by atoms with Crippen LogP contribution in [-0.2, 0) is 4.74 Å². The normalized spacial score (nSPS) is 20.7. The maximum atomic E-state index is 5.81. The number of imidazole rings is 1. The molecule has 0 aromatic carbocycles. The van der Waals surface area contributed by atoms with Crippen molar-refractivity contribution in [1.29, 1.82) is 0 Å². The Bertz CT molecular complexity index is 531. The van der Waals surface area contributed by atoms with Crippen molar-refractivity contribution in [2.45, 2.75) is 12.3 Å². The largest absolute Gasteiger partial charge is 0.398 e. The van der Waals surface area contributed by atoms with Crippen molar-refractivity contribution in [1.82, 2.24) is 9.38 Å². The molecule has 0 amide bonds. The summed E-state index contributed by atoms with van der Waals surface area (Å²) >= 11 is 3.48. The van der Waals surface area contributed by atoms with Crippen LogP contribution in [0.25, 0.3) is 5.52 Å². The molecule has 2 aromatic heterocycles. The van der Waals surface area contributed by atoms with Crippen LogP contribution in [0.1, 0.15) is 18.2 Å². The maximum absolute atomic E-state index is 5.81. The van der Waals surface area contributed by atoms with Crippen LogP contribution in [0.5, 0.6) is 0 Å². The summed E-state index contributed by atoms with van der Waals surface area (Å²) in [6.07, 6.45) is 2.95. The first-order chi connectivity index (χ1) is 7.75. The van der Waals surface area contributed by atoms with Crippen LogP contribution in [-0.4, -0.2) is 22.6 Å². The minimum atomic E-state index is 0.376.